The third-order valence-corrected chi connectivity index (χ3v) is 1.90. The van der Waals surface area contributed by atoms with E-state index < -0.39 is 0 Å². The highest BCUT2D eigenvalue weighted by Gasteiger charge is 2.28. The van der Waals surface area contributed by atoms with Gasteiger partial charge in [0.15, 0.2) is 5.89 Å². The first-order valence-corrected chi connectivity index (χ1v) is 3.71. The molecule has 54 valence electrons. The van der Waals surface area contributed by atoms with Crippen molar-refractivity contribution in [1.82, 2.24) is 4.98 Å². The summed E-state index contributed by atoms with van der Waals surface area (Å²) in [6.07, 6.45) is 2.60. The minimum absolute atomic E-state index is 0.720. The van der Waals surface area contributed by atoms with E-state index in [1.54, 1.807) is 0 Å². The fraction of sp³-hybridized carbons (Fsp3) is 0.625. The zero-order chi connectivity index (χ0) is 7.14. The number of aromatic nitrogens is 1. The predicted octanol–water partition coefficient (Wildman–Crippen LogP) is 2.17. The van der Waals surface area contributed by atoms with Gasteiger partial charge in [-0.05, 0) is 19.8 Å². The summed E-state index contributed by atoms with van der Waals surface area (Å²) < 4.78 is 5.30. The molecule has 1 aliphatic rings. The smallest absolute Gasteiger partial charge is 0.191 e. The zero-order valence-electron chi connectivity index (χ0n) is 6.35. The van der Waals surface area contributed by atoms with Crippen molar-refractivity contribution in [2.45, 2.75) is 32.6 Å². The van der Waals surface area contributed by atoms with Crippen molar-refractivity contribution in [1.29, 1.82) is 0 Å². The van der Waals surface area contributed by atoms with Crippen LogP contribution < -0.4 is 0 Å². The van der Waals surface area contributed by atoms with Crippen LogP contribution in [0.15, 0.2) is 4.42 Å². The Morgan fingerprint density at radius 1 is 1.40 bits per heavy atom. The standard InChI is InChI=1S/C8H11NO/c1-5-8(7-3-4-7)9-6(2)10-5/h7H,3-4H2,1-2H3. The van der Waals surface area contributed by atoms with Gasteiger partial charge in [-0.25, -0.2) is 4.98 Å². The lowest BCUT2D eigenvalue weighted by Gasteiger charge is -1.86. The Morgan fingerprint density at radius 3 is 2.50 bits per heavy atom. The SMILES string of the molecule is Cc1nc(C2CC2)c(C)o1. The highest BCUT2D eigenvalue weighted by Crippen LogP contribution is 2.40. The van der Waals surface area contributed by atoms with E-state index in [1.165, 1.54) is 18.5 Å². The second kappa shape index (κ2) is 1.84. The molecule has 1 fully saturated rings. The van der Waals surface area contributed by atoms with Crippen LogP contribution in [0.5, 0.6) is 0 Å². The molecule has 0 amide bonds. The van der Waals surface area contributed by atoms with Gasteiger partial charge in [-0.15, -0.1) is 0 Å². The molecule has 0 spiro atoms. The van der Waals surface area contributed by atoms with E-state index in [9.17, 15) is 0 Å². The Hall–Kier alpha value is -0.790. The Labute approximate surface area is 60.3 Å². The first-order chi connectivity index (χ1) is 4.77. The molecule has 2 rings (SSSR count). The summed E-state index contributed by atoms with van der Waals surface area (Å²) in [5.41, 5.74) is 1.19. The van der Waals surface area contributed by atoms with Crippen molar-refractivity contribution in [2.24, 2.45) is 0 Å². The predicted molar refractivity (Wildman–Crippen MR) is 38.0 cm³/mol. The van der Waals surface area contributed by atoms with Gasteiger partial charge in [0.2, 0.25) is 0 Å². The van der Waals surface area contributed by atoms with Gasteiger partial charge in [-0.1, -0.05) is 0 Å². The number of hydrogen-bond donors (Lipinski definition) is 0. The molecule has 0 radical (unpaired) electrons. The summed E-state index contributed by atoms with van der Waals surface area (Å²) in [5, 5.41) is 0. The van der Waals surface area contributed by atoms with Crippen LogP contribution in [0.4, 0.5) is 0 Å². The van der Waals surface area contributed by atoms with E-state index in [0.29, 0.717) is 0 Å². The van der Waals surface area contributed by atoms with Crippen LogP contribution in [-0.2, 0) is 0 Å². The van der Waals surface area contributed by atoms with E-state index in [1.807, 2.05) is 13.8 Å². The summed E-state index contributed by atoms with van der Waals surface area (Å²) in [5.74, 6) is 2.54. The normalized spacial score (nSPS) is 17.8. The summed E-state index contributed by atoms with van der Waals surface area (Å²) in [6.45, 7) is 3.90. The number of nitrogens with zero attached hydrogens (tertiary/aromatic N) is 1. The molecule has 1 heterocycles. The van der Waals surface area contributed by atoms with Crippen LogP contribution >= 0.6 is 0 Å². The van der Waals surface area contributed by atoms with Crippen LogP contribution in [0.3, 0.4) is 0 Å². The second-order valence-corrected chi connectivity index (χ2v) is 2.95. The Morgan fingerprint density at radius 2 is 2.10 bits per heavy atom. The first-order valence-electron chi connectivity index (χ1n) is 3.71. The lowest BCUT2D eigenvalue weighted by Crippen LogP contribution is -1.81. The van der Waals surface area contributed by atoms with Crippen molar-refractivity contribution >= 4 is 0 Å². The molecule has 1 aliphatic carbocycles. The minimum atomic E-state index is 0.720. The molecular formula is C8H11NO. The largest absolute Gasteiger partial charge is 0.446 e. The molecule has 0 N–H and O–H groups in total. The molecule has 0 bridgehead atoms. The Balaban J connectivity index is 2.38. The number of oxazole rings is 1. The van der Waals surface area contributed by atoms with E-state index in [2.05, 4.69) is 4.98 Å². The average molecular weight is 137 g/mol. The van der Waals surface area contributed by atoms with Gasteiger partial charge in [-0.2, -0.15) is 0 Å². The Kier molecular flexibility index (Phi) is 1.10. The maximum atomic E-state index is 5.30. The maximum Gasteiger partial charge on any atom is 0.191 e. The van der Waals surface area contributed by atoms with Gasteiger partial charge < -0.3 is 4.42 Å². The molecule has 0 aliphatic heterocycles. The van der Waals surface area contributed by atoms with Crippen LogP contribution in [0.1, 0.15) is 36.1 Å². The minimum Gasteiger partial charge on any atom is -0.446 e. The topological polar surface area (TPSA) is 26.0 Å². The first kappa shape index (κ1) is 5.96. The average Bonchev–Trinajstić information content (AvgIpc) is 2.61. The van der Waals surface area contributed by atoms with Gasteiger partial charge in [0.1, 0.15) is 5.76 Å². The van der Waals surface area contributed by atoms with Crippen LogP contribution in [0.25, 0.3) is 0 Å². The monoisotopic (exact) mass is 137 g/mol. The molecule has 0 atom stereocenters. The number of hydrogen-bond acceptors (Lipinski definition) is 2. The fourth-order valence-electron chi connectivity index (χ4n) is 1.28. The molecule has 0 unspecified atom stereocenters. The van der Waals surface area contributed by atoms with E-state index >= 15 is 0 Å². The molecule has 0 saturated heterocycles. The van der Waals surface area contributed by atoms with Gasteiger partial charge in [0.05, 0.1) is 5.69 Å². The van der Waals surface area contributed by atoms with Gasteiger partial charge >= 0.3 is 0 Å². The number of rotatable bonds is 1. The van der Waals surface area contributed by atoms with Gasteiger partial charge in [0.25, 0.3) is 0 Å². The fourth-order valence-corrected chi connectivity index (χ4v) is 1.28. The molecule has 2 nitrogen and oxygen atoms in total. The summed E-state index contributed by atoms with van der Waals surface area (Å²) in [7, 11) is 0. The molecular weight excluding hydrogens is 126 g/mol. The molecule has 1 aromatic rings. The van der Waals surface area contributed by atoms with Crippen LogP contribution in [0, 0.1) is 13.8 Å². The number of aryl methyl sites for hydroxylation is 2. The third-order valence-electron chi connectivity index (χ3n) is 1.90. The van der Waals surface area contributed by atoms with Gasteiger partial charge in [-0.3, -0.25) is 0 Å². The quantitative estimate of drug-likeness (QED) is 0.592. The Bertz CT molecular complexity index is 248. The highest BCUT2D eigenvalue weighted by atomic mass is 16.4. The van der Waals surface area contributed by atoms with Crippen molar-refractivity contribution in [2.75, 3.05) is 0 Å². The summed E-state index contributed by atoms with van der Waals surface area (Å²) in [6, 6.07) is 0. The highest BCUT2D eigenvalue weighted by molar-refractivity contribution is 5.18. The van der Waals surface area contributed by atoms with Gasteiger partial charge in [0, 0.05) is 12.8 Å². The second-order valence-electron chi connectivity index (χ2n) is 2.95. The maximum absolute atomic E-state index is 5.30. The van der Waals surface area contributed by atoms with Crippen LogP contribution in [-0.4, -0.2) is 4.98 Å². The molecule has 10 heavy (non-hydrogen) atoms. The van der Waals surface area contributed by atoms with Crippen molar-refractivity contribution in [3.05, 3.63) is 17.3 Å². The van der Waals surface area contributed by atoms with E-state index in [0.717, 1.165) is 17.6 Å². The van der Waals surface area contributed by atoms with E-state index in [4.69, 9.17) is 4.42 Å². The summed E-state index contributed by atoms with van der Waals surface area (Å²) >= 11 is 0. The van der Waals surface area contributed by atoms with Crippen molar-refractivity contribution < 1.29 is 4.42 Å². The molecule has 0 aromatic carbocycles. The van der Waals surface area contributed by atoms with Crippen molar-refractivity contribution in [3.63, 3.8) is 0 Å². The summed E-state index contributed by atoms with van der Waals surface area (Å²) in [4.78, 5) is 4.31. The van der Waals surface area contributed by atoms with Crippen molar-refractivity contribution in [3.8, 4) is 0 Å². The zero-order valence-corrected chi connectivity index (χ0v) is 6.35. The molecule has 2 heteroatoms. The lowest BCUT2D eigenvalue weighted by atomic mass is 10.2. The third kappa shape index (κ3) is 0.838. The van der Waals surface area contributed by atoms with E-state index in [-0.39, 0.29) is 0 Å². The molecule has 1 aromatic heterocycles. The van der Waals surface area contributed by atoms with Crippen LogP contribution in [0.2, 0.25) is 0 Å². The molecule has 1 saturated carbocycles. The lowest BCUT2D eigenvalue weighted by molar-refractivity contribution is 0.493.